The Balaban J connectivity index is 1.67. The third-order valence-electron chi connectivity index (χ3n) is 3.75. The molecule has 6 nitrogen and oxygen atoms in total. The molecule has 2 N–H and O–H groups in total. The van der Waals surface area contributed by atoms with Crippen molar-refractivity contribution in [3.05, 3.63) is 89.3 Å². The van der Waals surface area contributed by atoms with Gasteiger partial charge in [-0.2, -0.15) is 0 Å². The van der Waals surface area contributed by atoms with Crippen molar-refractivity contribution in [2.24, 2.45) is 0 Å². The smallest absolute Gasteiger partial charge is 0.248 e. The van der Waals surface area contributed by atoms with Gasteiger partial charge in [0.05, 0.1) is 17.7 Å². The van der Waals surface area contributed by atoms with E-state index in [2.05, 4.69) is 10.0 Å². The first-order chi connectivity index (χ1) is 13.4. The number of furan rings is 1. The van der Waals surface area contributed by atoms with Gasteiger partial charge < -0.3 is 9.73 Å². The van der Waals surface area contributed by atoms with Crippen molar-refractivity contribution in [3.63, 3.8) is 0 Å². The Morgan fingerprint density at radius 1 is 1.07 bits per heavy atom. The van der Waals surface area contributed by atoms with Gasteiger partial charge in [0.15, 0.2) is 0 Å². The molecule has 0 unspecified atom stereocenters. The molecule has 1 aromatic heterocycles. The van der Waals surface area contributed by atoms with Gasteiger partial charge in [0.1, 0.15) is 5.76 Å². The van der Waals surface area contributed by atoms with Crippen molar-refractivity contribution in [3.8, 4) is 0 Å². The van der Waals surface area contributed by atoms with Crippen LogP contribution in [0.15, 0.2) is 82.3 Å². The fourth-order valence-corrected chi connectivity index (χ4v) is 3.60. The molecule has 0 aliphatic heterocycles. The summed E-state index contributed by atoms with van der Waals surface area (Å²) in [5.74, 6) is 0.0933. The molecule has 0 bridgehead atoms. The SMILES string of the molecule is O=C(/C=C/c1ccccc1Cl)Nc1cccc(S(=O)(=O)NCc2ccco2)c1. The van der Waals surface area contributed by atoms with Crippen molar-refractivity contribution in [1.29, 1.82) is 0 Å². The molecule has 0 spiro atoms. The Hall–Kier alpha value is -2.87. The molecule has 1 amide bonds. The fraction of sp³-hybridized carbons (Fsp3) is 0.0500. The number of hydrogen-bond acceptors (Lipinski definition) is 4. The molecular weight excluding hydrogens is 400 g/mol. The van der Waals surface area contributed by atoms with Crippen LogP contribution in [0.25, 0.3) is 6.08 Å². The predicted molar refractivity (Wildman–Crippen MR) is 108 cm³/mol. The van der Waals surface area contributed by atoms with Crippen LogP contribution in [0, 0.1) is 0 Å². The molecule has 0 radical (unpaired) electrons. The number of nitrogens with one attached hydrogen (secondary N) is 2. The summed E-state index contributed by atoms with van der Waals surface area (Å²) in [6, 6.07) is 16.4. The van der Waals surface area contributed by atoms with E-state index in [4.69, 9.17) is 16.0 Å². The van der Waals surface area contributed by atoms with Crippen molar-refractivity contribution in [2.75, 3.05) is 5.32 Å². The Morgan fingerprint density at radius 2 is 1.89 bits per heavy atom. The predicted octanol–water partition coefficient (Wildman–Crippen LogP) is 4.06. The summed E-state index contributed by atoms with van der Waals surface area (Å²) in [6.07, 6.45) is 4.39. The zero-order chi connectivity index (χ0) is 20.0. The molecule has 0 fully saturated rings. The zero-order valence-corrected chi connectivity index (χ0v) is 16.2. The van der Waals surface area contributed by atoms with E-state index in [1.165, 1.54) is 24.5 Å². The molecule has 8 heteroatoms. The summed E-state index contributed by atoms with van der Waals surface area (Å²) < 4.78 is 32.4. The molecule has 144 valence electrons. The van der Waals surface area contributed by atoms with Crippen LogP contribution in [-0.4, -0.2) is 14.3 Å². The summed E-state index contributed by atoms with van der Waals surface area (Å²) in [7, 11) is -3.75. The number of carbonyl (C=O) groups is 1. The highest BCUT2D eigenvalue weighted by atomic mass is 35.5. The maximum atomic E-state index is 12.4. The van der Waals surface area contributed by atoms with E-state index in [1.54, 1.807) is 48.5 Å². The number of rotatable bonds is 7. The molecule has 3 rings (SSSR count). The van der Waals surface area contributed by atoms with Crippen LogP contribution in [0.2, 0.25) is 5.02 Å². The Morgan fingerprint density at radius 3 is 2.64 bits per heavy atom. The van der Waals surface area contributed by atoms with Crippen molar-refractivity contribution < 1.29 is 17.6 Å². The Labute approximate surface area is 167 Å². The van der Waals surface area contributed by atoms with E-state index in [-0.39, 0.29) is 11.4 Å². The van der Waals surface area contributed by atoms with Gasteiger partial charge in [-0.05, 0) is 48.0 Å². The van der Waals surface area contributed by atoms with Gasteiger partial charge in [-0.3, -0.25) is 4.79 Å². The van der Waals surface area contributed by atoms with E-state index >= 15 is 0 Å². The highest BCUT2D eigenvalue weighted by molar-refractivity contribution is 7.89. The first-order valence-corrected chi connectivity index (χ1v) is 10.2. The highest BCUT2D eigenvalue weighted by Crippen LogP contribution is 2.18. The van der Waals surface area contributed by atoms with Crippen LogP contribution in [0.3, 0.4) is 0 Å². The topological polar surface area (TPSA) is 88.4 Å². The summed E-state index contributed by atoms with van der Waals surface area (Å²) in [4.78, 5) is 12.2. The van der Waals surface area contributed by atoms with E-state index in [1.807, 2.05) is 6.07 Å². The van der Waals surface area contributed by atoms with Gasteiger partial charge in [-0.25, -0.2) is 13.1 Å². The Kier molecular flexibility index (Phi) is 6.30. The first kappa shape index (κ1) is 19.9. The van der Waals surface area contributed by atoms with E-state index in [0.717, 1.165) is 0 Å². The molecule has 3 aromatic rings. The van der Waals surface area contributed by atoms with Crippen LogP contribution in [0.1, 0.15) is 11.3 Å². The minimum atomic E-state index is -3.75. The quantitative estimate of drug-likeness (QED) is 0.568. The van der Waals surface area contributed by atoms with Crippen molar-refractivity contribution in [2.45, 2.75) is 11.4 Å². The molecule has 0 aliphatic carbocycles. The number of benzene rings is 2. The second-order valence-electron chi connectivity index (χ2n) is 5.78. The van der Waals surface area contributed by atoms with Crippen LogP contribution in [-0.2, 0) is 21.4 Å². The van der Waals surface area contributed by atoms with E-state index in [9.17, 15) is 13.2 Å². The minimum absolute atomic E-state index is 0.0342. The molecule has 0 atom stereocenters. The van der Waals surface area contributed by atoms with Crippen LogP contribution in [0.4, 0.5) is 5.69 Å². The lowest BCUT2D eigenvalue weighted by molar-refractivity contribution is -0.111. The average Bonchev–Trinajstić information content (AvgIpc) is 3.20. The first-order valence-electron chi connectivity index (χ1n) is 8.30. The van der Waals surface area contributed by atoms with Gasteiger partial charge in [-0.1, -0.05) is 35.9 Å². The second-order valence-corrected chi connectivity index (χ2v) is 7.95. The number of carbonyl (C=O) groups excluding carboxylic acids is 1. The molecule has 2 aromatic carbocycles. The Bertz CT molecular complexity index is 1090. The number of halogens is 1. The van der Waals surface area contributed by atoms with Crippen LogP contribution >= 0.6 is 11.6 Å². The molecule has 1 heterocycles. The lowest BCUT2D eigenvalue weighted by Crippen LogP contribution is -2.23. The van der Waals surface area contributed by atoms with Gasteiger partial charge in [0.2, 0.25) is 15.9 Å². The number of amides is 1. The van der Waals surface area contributed by atoms with Gasteiger partial charge in [0, 0.05) is 16.8 Å². The second kappa shape index (κ2) is 8.88. The van der Waals surface area contributed by atoms with Crippen molar-refractivity contribution >= 4 is 39.3 Å². The van der Waals surface area contributed by atoms with E-state index < -0.39 is 15.9 Å². The average molecular weight is 417 g/mol. The van der Waals surface area contributed by atoms with Gasteiger partial charge in [0.25, 0.3) is 0 Å². The standard InChI is InChI=1S/C20H17ClN2O4S/c21-19-9-2-1-5-15(19)10-11-20(24)23-16-6-3-8-18(13-16)28(25,26)22-14-17-7-4-12-27-17/h1-13,22H,14H2,(H,23,24)/b11-10+. The van der Waals surface area contributed by atoms with Gasteiger partial charge in [-0.15, -0.1) is 0 Å². The zero-order valence-electron chi connectivity index (χ0n) is 14.6. The maximum absolute atomic E-state index is 12.4. The fourth-order valence-electron chi connectivity index (χ4n) is 2.36. The van der Waals surface area contributed by atoms with Crippen LogP contribution in [0.5, 0.6) is 0 Å². The molecular formula is C20H17ClN2O4S. The molecule has 0 saturated heterocycles. The lowest BCUT2D eigenvalue weighted by atomic mass is 10.2. The summed E-state index contributed by atoms with van der Waals surface area (Å²) in [5, 5.41) is 3.16. The summed E-state index contributed by atoms with van der Waals surface area (Å²) in [6.45, 7) is 0.0342. The van der Waals surface area contributed by atoms with Crippen molar-refractivity contribution in [1.82, 2.24) is 4.72 Å². The molecule has 0 aliphatic rings. The van der Waals surface area contributed by atoms with E-state index in [0.29, 0.717) is 22.0 Å². The van der Waals surface area contributed by atoms with Gasteiger partial charge >= 0.3 is 0 Å². The summed E-state index contributed by atoms with van der Waals surface area (Å²) >= 11 is 6.04. The minimum Gasteiger partial charge on any atom is -0.468 e. The maximum Gasteiger partial charge on any atom is 0.248 e. The largest absolute Gasteiger partial charge is 0.468 e. The molecule has 28 heavy (non-hydrogen) atoms. The third-order valence-corrected chi connectivity index (χ3v) is 5.49. The normalized spacial score (nSPS) is 11.6. The number of sulfonamides is 1. The summed E-state index contributed by atoms with van der Waals surface area (Å²) in [5.41, 5.74) is 1.06. The lowest BCUT2D eigenvalue weighted by Gasteiger charge is -2.08. The third kappa shape index (κ3) is 5.32. The molecule has 0 saturated carbocycles. The number of hydrogen-bond donors (Lipinski definition) is 2. The number of anilines is 1. The monoisotopic (exact) mass is 416 g/mol. The van der Waals surface area contributed by atoms with Crippen LogP contribution < -0.4 is 10.0 Å². The highest BCUT2D eigenvalue weighted by Gasteiger charge is 2.15.